The second kappa shape index (κ2) is 13.7. The molecule has 0 aromatic carbocycles. The van der Waals surface area contributed by atoms with Crippen LogP contribution in [0.4, 0.5) is 23.8 Å². The molecule has 1 aromatic heterocycles. The maximum atomic E-state index is 14.2. The van der Waals surface area contributed by atoms with Crippen LogP contribution in [0.5, 0.6) is 0 Å². The lowest BCUT2D eigenvalue weighted by molar-refractivity contribution is -0.232. The number of alkyl halides is 3. The van der Waals surface area contributed by atoms with E-state index >= 15 is 0 Å². The number of carboxylic acid groups (broad SMARTS) is 1. The summed E-state index contributed by atoms with van der Waals surface area (Å²) >= 11 is 0. The Labute approximate surface area is 239 Å². The van der Waals surface area contributed by atoms with Gasteiger partial charge in [0.1, 0.15) is 22.9 Å². The van der Waals surface area contributed by atoms with Crippen molar-refractivity contribution >= 4 is 23.8 Å². The van der Waals surface area contributed by atoms with E-state index in [1.165, 1.54) is 5.56 Å². The van der Waals surface area contributed by atoms with Crippen molar-refractivity contribution in [3.63, 3.8) is 0 Å². The van der Waals surface area contributed by atoms with Gasteiger partial charge < -0.3 is 25.4 Å². The number of amides is 2. The standard InChI is InChI=1S/C29H43F3N4O5/c1-27(2,3)41-26(40)36-18-15-28(16-19-36,29(30,31)32)25(39)35-22(24(37)38)12-8-6-4-5-7-11-21-14-13-20-10-9-17-33-23(20)34-21/h13-14,22H,4-12,15-19H2,1-3H3,(H,33,34)(H,35,39)(H,37,38). The molecule has 3 rings (SSSR count). The molecule has 0 spiro atoms. The highest BCUT2D eigenvalue weighted by Crippen LogP contribution is 2.47. The molecule has 1 aromatic rings. The van der Waals surface area contributed by atoms with Crippen molar-refractivity contribution < 1.29 is 37.4 Å². The molecule has 1 unspecified atom stereocenters. The molecule has 12 heteroatoms. The maximum absolute atomic E-state index is 14.2. The number of nitrogens with zero attached hydrogens (tertiary/aromatic N) is 2. The number of pyridine rings is 1. The fourth-order valence-corrected chi connectivity index (χ4v) is 5.28. The van der Waals surface area contributed by atoms with Crippen LogP contribution in [0.25, 0.3) is 0 Å². The molecule has 1 fully saturated rings. The number of unbranched alkanes of at least 4 members (excludes halogenated alkanes) is 4. The zero-order valence-electron chi connectivity index (χ0n) is 24.2. The van der Waals surface area contributed by atoms with Crippen LogP contribution in [-0.2, 0) is 27.2 Å². The van der Waals surface area contributed by atoms with Gasteiger partial charge >= 0.3 is 18.2 Å². The van der Waals surface area contributed by atoms with Gasteiger partial charge in [0.05, 0.1) is 0 Å². The third-order valence-corrected chi connectivity index (χ3v) is 7.73. The summed E-state index contributed by atoms with van der Waals surface area (Å²) in [5.41, 5.74) is -1.30. The first-order valence-corrected chi connectivity index (χ1v) is 14.5. The molecule has 1 atom stereocenters. The van der Waals surface area contributed by atoms with Crippen LogP contribution in [0.15, 0.2) is 12.1 Å². The Hall–Kier alpha value is -3.05. The molecule has 41 heavy (non-hydrogen) atoms. The van der Waals surface area contributed by atoms with Gasteiger partial charge in [-0.2, -0.15) is 13.2 Å². The lowest BCUT2D eigenvalue weighted by Gasteiger charge is -2.42. The largest absolute Gasteiger partial charge is 0.480 e. The zero-order chi connectivity index (χ0) is 30.3. The van der Waals surface area contributed by atoms with Crippen molar-refractivity contribution in [2.75, 3.05) is 25.0 Å². The van der Waals surface area contributed by atoms with E-state index < -0.39 is 54.0 Å². The van der Waals surface area contributed by atoms with Gasteiger partial charge in [-0.05, 0) is 77.3 Å². The highest BCUT2D eigenvalue weighted by molar-refractivity contribution is 5.88. The summed E-state index contributed by atoms with van der Waals surface area (Å²) in [6.07, 6.45) is -0.0851. The number of fused-ring (bicyclic) bond motifs is 1. The number of carbonyl (C=O) groups excluding carboxylic acids is 2. The van der Waals surface area contributed by atoms with E-state index in [9.17, 15) is 32.7 Å². The summed E-state index contributed by atoms with van der Waals surface area (Å²) in [4.78, 5) is 42.9. The van der Waals surface area contributed by atoms with Crippen LogP contribution in [-0.4, -0.2) is 70.4 Å². The number of ether oxygens (including phenoxy) is 1. The molecule has 1 saturated heterocycles. The molecule has 230 valence electrons. The summed E-state index contributed by atoms with van der Waals surface area (Å²) in [5, 5.41) is 15.1. The Morgan fingerprint density at radius 1 is 1.10 bits per heavy atom. The number of aromatic nitrogens is 1. The molecule has 2 aliphatic heterocycles. The quantitative estimate of drug-likeness (QED) is 0.295. The van der Waals surface area contributed by atoms with Crippen molar-refractivity contribution in [2.45, 2.75) is 109 Å². The number of nitrogens with one attached hydrogen (secondary N) is 2. The van der Waals surface area contributed by atoms with Gasteiger partial charge in [-0.25, -0.2) is 14.6 Å². The number of anilines is 1. The minimum atomic E-state index is -4.90. The number of hydrogen-bond donors (Lipinski definition) is 3. The van der Waals surface area contributed by atoms with E-state index in [0.29, 0.717) is 12.8 Å². The maximum Gasteiger partial charge on any atom is 0.410 e. The highest BCUT2D eigenvalue weighted by atomic mass is 19.4. The lowest BCUT2D eigenvalue weighted by Crippen LogP contribution is -2.59. The van der Waals surface area contributed by atoms with Gasteiger partial charge in [0.2, 0.25) is 5.91 Å². The number of piperidine rings is 1. The van der Waals surface area contributed by atoms with E-state index in [1.807, 2.05) is 0 Å². The number of carbonyl (C=O) groups is 3. The molecule has 0 aliphatic carbocycles. The molecule has 0 saturated carbocycles. The lowest BCUT2D eigenvalue weighted by atomic mass is 9.76. The Morgan fingerprint density at radius 3 is 2.39 bits per heavy atom. The van der Waals surface area contributed by atoms with Crippen molar-refractivity contribution in [1.29, 1.82) is 0 Å². The SMILES string of the molecule is CC(C)(C)OC(=O)N1CCC(C(=O)NC(CCCCCCCc2ccc3c(n2)NCCC3)C(=O)O)(C(F)(F)F)CC1. The summed E-state index contributed by atoms with van der Waals surface area (Å²) in [5.74, 6) is -1.75. The van der Waals surface area contributed by atoms with E-state index in [-0.39, 0.29) is 19.5 Å². The van der Waals surface area contributed by atoms with E-state index in [2.05, 4.69) is 27.8 Å². The van der Waals surface area contributed by atoms with Crippen LogP contribution in [0.2, 0.25) is 0 Å². The Morgan fingerprint density at radius 2 is 1.76 bits per heavy atom. The summed E-state index contributed by atoms with van der Waals surface area (Å²) in [7, 11) is 0. The van der Waals surface area contributed by atoms with Crippen LogP contribution in [0.3, 0.4) is 0 Å². The number of aliphatic carboxylic acids is 1. The molecule has 0 radical (unpaired) electrons. The average molecular weight is 585 g/mol. The molecule has 2 amide bonds. The zero-order valence-corrected chi connectivity index (χ0v) is 24.2. The fourth-order valence-electron chi connectivity index (χ4n) is 5.28. The van der Waals surface area contributed by atoms with Crippen molar-refractivity contribution in [2.24, 2.45) is 5.41 Å². The minimum absolute atomic E-state index is 0.0388. The number of halogens is 3. The fraction of sp³-hybridized carbons (Fsp3) is 0.724. The first-order valence-electron chi connectivity index (χ1n) is 14.5. The normalized spacial score (nSPS) is 17.7. The summed E-state index contributed by atoms with van der Waals surface area (Å²) in [6, 6.07) is 2.76. The third-order valence-electron chi connectivity index (χ3n) is 7.73. The van der Waals surface area contributed by atoms with Crippen LogP contribution < -0.4 is 10.6 Å². The number of carboxylic acids is 1. The Kier molecular flexibility index (Phi) is 10.9. The Bertz CT molecular complexity index is 1070. The van der Waals surface area contributed by atoms with Gasteiger partial charge in [-0.1, -0.05) is 31.7 Å². The molecule has 3 heterocycles. The van der Waals surface area contributed by atoms with Crippen LogP contribution in [0.1, 0.15) is 89.8 Å². The number of hydrogen-bond acceptors (Lipinski definition) is 6. The second-order valence-corrected chi connectivity index (χ2v) is 12.1. The summed E-state index contributed by atoms with van der Waals surface area (Å²) < 4.78 is 47.8. The third kappa shape index (κ3) is 8.97. The number of rotatable bonds is 11. The topological polar surface area (TPSA) is 121 Å². The minimum Gasteiger partial charge on any atom is -0.480 e. The van der Waals surface area contributed by atoms with Crippen LogP contribution in [0, 0.1) is 5.41 Å². The van der Waals surface area contributed by atoms with Gasteiger partial charge in [0.15, 0.2) is 0 Å². The van der Waals surface area contributed by atoms with Crippen LogP contribution >= 0.6 is 0 Å². The van der Waals surface area contributed by atoms with Crippen molar-refractivity contribution in [3.8, 4) is 0 Å². The molecule has 2 aliphatic rings. The monoisotopic (exact) mass is 584 g/mol. The number of likely N-dealkylation sites (tertiary alicyclic amines) is 1. The second-order valence-electron chi connectivity index (χ2n) is 12.1. The van der Waals surface area contributed by atoms with E-state index in [1.54, 1.807) is 20.8 Å². The Balaban J connectivity index is 1.44. The van der Waals surface area contributed by atoms with Gasteiger partial charge in [0, 0.05) is 25.3 Å². The van der Waals surface area contributed by atoms with E-state index in [0.717, 1.165) is 61.5 Å². The smallest absolute Gasteiger partial charge is 0.410 e. The van der Waals surface area contributed by atoms with Gasteiger partial charge in [-0.15, -0.1) is 0 Å². The average Bonchev–Trinajstić information content (AvgIpc) is 2.90. The molecule has 3 N–H and O–H groups in total. The first kappa shape index (κ1) is 32.5. The van der Waals surface area contributed by atoms with E-state index in [4.69, 9.17) is 4.74 Å². The van der Waals surface area contributed by atoms with Gasteiger partial charge in [0.25, 0.3) is 0 Å². The van der Waals surface area contributed by atoms with Crippen molar-refractivity contribution in [1.82, 2.24) is 15.2 Å². The number of aryl methyl sites for hydroxylation is 2. The predicted octanol–water partition coefficient (Wildman–Crippen LogP) is 5.47. The molecular weight excluding hydrogens is 541 g/mol. The molecule has 9 nitrogen and oxygen atoms in total. The van der Waals surface area contributed by atoms with Gasteiger partial charge in [-0.3, -0.25) is 4.79 Å². The first-order chi connectivity index (χ1) is 19.2. The van der Waals surface area contributed by atoms with Crippen molar-refractivity contribution in [3.05, 3.63) is 23.4 Å². The predicted molar refractivity (Wildman–Crippen MR) is 148 cm³/mol. The molecular formula is C29H43F3N4O5. The summed E-state index contributed by atoms with van der Waals surface area (Å²) in [6.45, 7) is 5.25. The molecule has 0 bridgehead atoms. The highest BCUT2D eigenvalue weighted by Gasteiger charge is 2.61.